The number of fused-ring (bicyclic) bond motifs is 1. The number of urea groups is 1. The maximum Gasteiger partial charge on any atom is 0.326 e. The summed E-state index contributed by atoms with van der Waals surface area (Å²) < 4.78 is 1.19. The predicted molar refractivity (Wildman–Crippen MR) is 318 cm³/mol. The number of hydrogen-bond donors (Lipinski definition) is 12. The third kappa shape index (κ3) is 26.4. The molecule has 1 saturated heterocycles. The lowest BCUT2D eigenvalue weighted by Gasteiger charge is -2.33. The monoisotopic (exact) mass is 1230 g/mol. The Bertz CT molecular complexity index is 2810. The standard InChI is InChI=1S/C59H82N10O17.Al/c1-3-5-10-39(4-2)32-48(58(84)85)62-50(71)36-67-25-29-68(37-52(74)75)27-23-66(24-28-69(30-26-67)38-53(76)77)35-49(70)61-34-40-14-18-43(19-15-40)54(78)63-47(33-41-16-17-42-11-6-7-12-44(42)31-41)55(79)60-22-9-8-13-45(56(80)81)64-59(86)65-46(57(82)83)20-21-51(72)73;/h2,4-7,10-12,16-17,31,40,43,45-48H,8-9,13-15,18-30,32-38H2,1H3,(H,60,79)(H,61,70)(H,62,71)(H,63,78)(H,72,73)(H,74,75)(H,76,77)(H,80,81)(H,82,83)(H,84,85)(H2,64,65,86);/t40?,43?,45-,46-,47-,48-;/m0./s1. The first kappa shape index (κ1) is 70.0. The number of carboxylic acids is 6. The van der Waals surface area contributed by atoms with Crippen LogP contribution in [-0.4, -0.2) is 247 Å². The second kappa shape index (κ2) is 36.4. The second-order valence-corrected chi connectivity index (χ2v) is 23.9. The van der Waals surface area contributed by atoms with Gasteiger partial charge in [0.2, 0.25) is 23.6 Å². The van der Waals surface area contributed by atoms with Crippen LogP contribution in [0.1, 0.15) is 76.7 Å². The van der Waals surface area contributed by atoms with Crippen molar-refractivity contribution in [2.75, 3.05) is 91.6 Å². The summed E-state index contributed by atoms with van der Waals surface area (Å²) >= 11 is -0.0489. The van der Waals surface area contributed by atoms with Gasteiger partial charge in [-0.25, -0.2) is 19.2 Å². The van der Waals surface area contributed by atoms with E-state index in [1.165, 1.54) is 4.44 Å². The van der Waals surface area contributed by atoms with Crippen molar-refractivity contribution in [3.05, 3.63) is 81.2 Å². The largest absolute Gasteiger partial charge is 0.481 e. The fraction of sp³-hybridized carbons (Fsp3) is 0.542. The molecule has 0 aromatic heterocycles. The topological polar surface area (TPSA) is 394 Å². The van der Waals surface area contributed by atoms with Crippen molar-refractivity contribution in [2.24, 2.45) is 11.8 Å². The first-order valence-electron chi connectivity index (χ1n) is 29.3. The molecule has 1 aliphatic carbocycles. The van der Waals surface area contributed by atoms with Crippen LogP contribution in [0.4, 0.5) is 4.79 Å². The van der Waals surface area contributed by atoms with E-state index in [4.69, 9.17) is 5.11 Å². The number of amides is 6. The molecule has 6 amide bonds. The molecule has 4 atom stereocenters. The molecule has 0 spiro atoms. The Morgan fingerprint density at radius 2 is 1.10 bits per heavy atom. The highest BCUT2D eigenvalue weighted by atomic mass is 27.1. The van der Waals surface area contributed by atoms with Crippen molar-refractivity contribution in [1.82, 2.24) is 51.5 Å². The Labute approximate surface area is 510 Å². The van der Waals surface area contributed by atoms with E-state index < -0.39 is 96.6 Å². The normalized spacial score (nSPS) is 18.8. The Kier molecular flexibility index (Phi) is 29.3. The van der Waals surface area contributed by atoms with Crippen molar-refractivity contribution in [2.45, 2.75) is 102 Å². The van der Waals surface area contributed by atoms with Crippen molar-refractivity contribution in [3.63, 3.8) is 0 Å². The average Bonchev–Trinajstić information content (AvgIpc) is 3.00. The van der Waals surface area contributed by atoms with Gasteiger partial charge in [0.25, 0.3) is 15.2 Å². The number of nitrogens with zero attached hydrogens (tertiary/aromatic N) is 4. The summed E-state index contributed by atoms with van der Waals surface area (Å²) in [6, 6.07) is 7.19. The van der Waals surface area contributed by atoms with Gasteiger partial charge in [0, 0.05) is 90.6 Å². The molecule has 87 heavy (non-hydrogen) atoms. The molecule has 0 unspecified atom stereocenters. The Morgan fingerprint density at radius 1 is 0.552 bits per heavy atom. The van der Waals surface area contributed by atoms with E-state index in [1.54, 1.807) is 14.7 Å². The average molecular weight is 1230 g/mol. The number of aliphatic carboxylic acids is 6. The fourth-order valence-corrected chi connectivity index (χ4v) is 11.3. The highest BCUT2D eigenvalue weighted by Gasteiger charge is 2.32. The predicted octanol–water partition coefficient (Wildman–Crippen LogP) is 0.559. The summed E-state index contributed by atoms with van der Waals surface area (Å²) in [4.78, 5) is 147. The Hall–Kier alpha value is -7.74. The number of carboxylic acid groups (broad SMARTS) is 6. The minimum Gasteiger partial charge on any atom is -0.481 e. The number of carbonyl (C=O) groups excluding carboxylic acids is 5. The highest BCUT2D eigenvalue weighted by Crippen LogP contribution is 2.29. The number of allylic oxidation sites excluding steroid dienone is 4. The molecule has 0 bridgehead atoms. The van der Waals surface area contributed by atoms with Gasteiger partial charge in [-0.15, -0.1) is 9.37 Å². The number of nitrogens with one attached hydrogen (secondary N) is 6. The zero-order valence-corrected chi connectivity index (χ0v) is 50.2. The molecule has 28 heteroatoms. The lowest BCUT2D eigenvalue weighted by molar-refractivity contribution is -0.142. The van der Waals surface area contributed by atoms with E-state index >= 15 is 0 Å². The summed E-state index contributed by atoms with van der Waals surface area (Å²) in [5, 5.41) is 75.3. The fourth-order valence-electron chi connectivity index (χ4n) is 10.5. The summed E-state index contributed by atoms with van der Waals surface area (Å²) in [7, 11) is 0. The van der Waals surface area contributed by atoms with Gasteiger partial charge < -0.3 is 62.5 Å². The zero-order valence-electron chi connectivity index (χ0n) is 49.0. The molecule has 1 saturated carbocycles. The summed E-state index contributed by atoms with van der Waals surface area (Å²) in [5.74, 6) is -9.50. The molecular weight excluding hydrogens is 1150 g/mol. The van der Waals surface area contributed by atoms with Crippen LogP contribution in [0.15, 0.2) is 75.6 Å². The molecule has 1 radical (unpaired) electrons. The van der Waals surface area contributed by atoms with Gasteiger partial charge >= 0.3 is 41.8 Å². The Balaban J connectivity index is 1.12. The second-order valence-electron chi connectivity index (χ2n) is 22.3. The molecule has 27 nitrogen and oxygen atoms in total. The van der Waals surface area contributed by atoms with E-state index in [2.05, 4.69) is 31.9 Å². The molecule has 2 fully saturated rings. The first-order valence-corrected chi connectivity index (χ1v) is 30.6. The smallest absolute Gasteiger partial charge is 0.326 e. The number of carbonyl (C=O) groups is 11. The van der Waals surface area contributed by atoms with E-state index in [-0.39, 0.29) is 150 Å². The van der Waals surface area contributed by atoms with Gasteiger partial charge in [0.15, 0.2) is 0 Å². The quantitative estimate of drug-likeness (QED) is 0.0362. The van der Waals surface area contributed by atoms with E-state index in [1.807, 2.05) is 77.5 Å². The summed E-state index contributed by atoms with van der Waals surface area (Å²) in [6.45, 7) is 3.30. The van der Waals surface area contributed by atoms with Crippen LogP contribution in [0.3, 0.4) is 0 Å². The van der Waals surface area contributed by atoms with Crippen molar-refractivity contribution >= 4 is 91.5 Å². The van der Waals surface area contributed by atoms with Crippen molar-refractivity contribution < 1.29 is 83.4 Å². The van der Waals surface area contributed by atoms with Crippen LogP contribution in [-0.2, 0) is 54.4 Å². The number of rotatable bonds is 31. The third-order valence-electron chi connectivity index (χ3n) is 15.4. The third-order valence-corrected chi connectivity index (χ3v) is 16.6. The molecule has 3 aliphatic rings. The van der Waals surface area contributed by atoms with Crippen LogP contribution in [0.2, 0.25) is 0 Å². The van der Waals surface area contributed by atoms with E-state index in [0.717, 1.165) is 21.9 Å². The number of hydrogen-bond acceptors (Lipinski definition) is 15. The minimum absolute atomic E-state index is 0.0348. The summed E-state index contributed by atoms with van der Waals surface area (Å²) in [5.41, 5.74) is 1.55. The number of benzene rings is 2. The minimum atomic E-state index is -1.56. The van der Waals surface area contributed by atoms with Crippen LogP contribution in [0.5, 0.6) is 0 Å². The summed E-state index contributed by atoms with van der Waals surface area (Å²) in [6.07, 6.45) is 7.52. The van der Waals surface area contributed by atoms with Crippen LogP contribution >= 0.6 is 0 Å². The zero-order chi connectivity index (χ0) is 63.4. The van der Waals surface area contributed by atoms with Gasteiger partial charge in [-0.3, -0.25) is 53.2 Å². The van der Waals surface area contributed by atoms with Crippen LogP contribution in [0, 0.1) is 11.8 Å². The highest BCUT2D eigenvalue weighted by molar-refractivity contribution is 6.51. The lowest BCUT2D eigenvalue weighted by Crippen LogP contribution is -2.51. The van der Waals surface area contributed by atoms with Gasteiger partial charge in [-0.1, -0.05) is 67.6 Å². The molecule has 2 aliphatic heterocycles. The lowest BCUT2D eigenvalue weighted by atomic mass is 9.81. The maximum atomic E-state index is 13.9. The molecule has 2 aromatic rings. The molecular formula is C59H82AlN10O17. The van der Waals surface area contributed by atoms with Crippen LogP contribution in [0.25, 0.3) is 10.8 Å². The number of unbranched alkanes of at least 4 members (excludes halogenated alkanes) is 1. The van der Waals surface area contributed by atoms with Gasteiger partial charge in [0.05, 0.1) is 26.2 Å². The van der Waals surface area contributed by atoms with Gasteiger partial charge in [-0.05, 0) is 79.2 Å². The molecule has 5 rings (SSSR count). The van der Waals surface area contributed by atoms with Gasteiger partial charge in [0.1, 0.15) is 24.2 Å². The van der Waals surface area contributed by atoms with Crippen LogP contribution < -0.4 is 31.9 Å². The Morgan fingerprint density at radius 3 is 1.67 bits per heavy atom. The van der Waals surface area contributed by atoms with Gasteiger partial charge in [-0.2, -0.15) is 0 Å². The maximum absolute atomic E-state index is 13.9. The van der Waals surface area contributed by atoms with E-state index in [0.29, 0.717) is 32.2 Å². The van der Waals surface area contributed by atoms with E-state index in [9.17, 15) is 78.3 Å². The molecule has 2 heterocycles. The van der Waals surface area contributed by atoms with Crippen molar-refractivity contribution in [1.29, 1.82) is 0 Å². The molecule has 12 N–H and O–H groups in total. The SMILES string of the molecule is C[C]1=CC=C(C[C@H](NC(=O)CN2CCN(CC(=O)O)CCN(CC(=O)NCC3CCC(C(=O)N[C@@H](Cc4ccc5ccccc5c4)C(=O)NCCCC[C@H](NC(=O)N[C@@H](CCC(=O)O)C(=O)O)C(=O)O)CC3)CCN(CC(=O)O)CC2)C(=O)O)C=[CH][Al]1. The first-order chi connectivity index (χ1) is 41.5. The van der Waals surface area contributed by atoms with Crippen molar-refractivity contribution in [3.8, 4) is 0 Å². The molecule has 473 valence electrons. The molecule has 2 aromatic carbocycles.